The molecule has 0 heterocycles. The molecule has 0 rings (SSSR count). The zero-order valence-corrected chi connectivity index (χ0v) is 6.03. The number of allylic oxidation sites excluding steroid dienone is 1. The van der Waals surface area contributed by atoms with Crippen LogP contribution in [-0.4, -0.2) is 13.0 Å². The summed E-state index contributed by atoms with van der Waals surface area (Å²) in [6.45, 7) is 3.31. The van der Waals surface area contributed by atoms with Crippen molar-refractivity contribution < 1.29 is 13.0 Å². The predicted octanol–water partition coefficient (Wildman–Crippen LogP) is 0.610. The molecule has 0 saturated heterocycles. The Hall–Kier alpha value is -0.570. The van der Waals surface area contributed by atoms with Crippen molar-refractivity contribution >= 4 is 10.1 Å². The summed E-state index contributed by atoms with van der Waals surface area (Å²) in [5.74, 6) is 0. The van der Waals surface area contributed by atoms with Gasteiger partial charge in [-0.15, -0.1) is 5.73 Å². The van der Waals surface area contributed by atoms with Gasteiger partial charge < -0.3 is 4.55 Å². The average Bonchev–Trinajstić information content (AvgIpc) is 1.59. The van der Waals surface area contributed by atoms with Crippen molar-refractivity contribution in [3.63, 3.8) is 0 Å². The molecule has 0 atom stereocenters. The lowest BCUT2D eigenvalue weighted by Gasteiger charge is -1.93. The normalized spacial score (nSPS) is 10.1. The van der Waals surface area contributed by atoms with Crippen LogP contribution in [0.1, 0.15) is 13.8 Å². The van der Waals surface area contributed by atoms with Gasteiger partial charge in [0.05, 0.1) is 5.41 Å². The van der Waals surface area contributed by atoms with E-state index in [0.717, 1.165) is 0 Å². The minimum Gasteiger partial charge on any atom is -0.744 e. The van der Waals surface area contributed by atoms with Crippen molar-refractivity contribution in [1.82, 2.24) is 0 Å². The quantitative estimate of drug-likeness (QED) is 0.403. The summed E-state index contributed by atoms with van der Waals surface area (Å²) in [6, 6.07) is 0. The standard InChI is InChI=1S/C5H8O3S/c1-5(2)3-4-9(6,7)8/h4H,1-2H3,(H,6,7,8)/p-1. The molecule has 0 aliphatic heterocycles. The first-order chi connectivity index (χ1) is 3.92. The Morgan fingerprint density at radius 2 is 2.00 bits per heavy atom. The van der Waals surface area contributed by atoms with Gasteiger partial charge in [0.2, 0.25) is 0 Å². The van der Waals surface area contributed by atoms with E-state index in [-0.39, 0.29) is 0 Å². The van der Waals surface area contributed by atoms with E-state index in [0.29, 0.717) is 11.0 Å². The van der Waals surface area contributed by atoms with E-state index < -0.39 is 10.1 Å². The third kappa shape index (κ3) is 7.43. The number of hydrogen-bond acceptors (Lipinski definition) is 3. The Kier molecular flexibility index (Phi) is 2.65. The molecule has 4 heteroatoms. The van der Waals surface area contributed by atoms with E-state index in [2.05, 4.69) is 5.73 Å². The van der Waals surface area contributed by atoms with E-state index in [1.54, 1.807) is 13.8 Å². The van der Waals surface area contributed by atoms with Crippen molar-refractivity contribution in [3.05, 3.63) is 16.7 Å². The summed E-state index contributed by atoms with van der Waals surface area (Å²) in [4.78, 5) is 0. The van der Waals surface area contributed by atoms with E-state index in [1.807, 2.05) is 0 Å². The molecule has 0 radical (unpaired) electrons. The number of rotatable bonds is 1. The summed E-state index contributed by atoms with van der Waals surface area (Å²) >= 11 is 0. The fourth-order valence-corrected chi connectivity index (χ4v) is 0.570. The predicted molar refractivity (Wildman–Crippen MR) is 32.6 cm³/mol. The van der Waals surface area contributed by atoms with Crippen LogP contribution < -0.4 is 0 Å². The van der Waals surface area contributed by atoms with Crippen LogP contribution >= 0.6 is 0 Å². The van der Waals surface area contributed by atoms with Crippen LogP contribution in [0.4, 0.5) is 0 Å². The maximum atomic E-state index is 9.85. The second-order valence-corrected chi connectivity index (χ2v) is 2.98. The zero-order valence-electron chi connectivity index (χ0n) is 5.21. The van der Waals surface area contributed by atoms with Crippen LogP contribution in [0, 0.1) is 0 Å². The van der Waals surface area contributed by atoms with E-state index >= 15 is 0 Å². The first-order valence-corrected chi connectivity index (χ1v) is 3.75. The lowest BCUT2D eigenvalue weighted by Crippen LogP contribution is -1.88. The second kappa shape index (κ2) is 2.82. The molecule has 0 unspecified atom stereocenters. The van der Waals surface area contributed by atoms with E-state index in [9.17, 15) is 13.0 Å². The highest BCUT2D eigenvalue weighted by Crippen LogP contribution is 1.86. The maximum absolute atomic E-state index is 9.85. The molecule has 0 aromatic carbocycles. The Morgan fingerprint density at radius 3 is 2.11 bits per heavy atom. The molecule has 9 heavy (non-hydrogen) atoms. The first-order valence-electron chi connectivity index (χ1n) is 2.27. The van der Waals surface area contributed by atoms with Crippen LogP contribution in [0.15, 0.2) is 16.7 Å². The van der Waals surface area contributed by atoms with E-state index in [1.165, 1.54) is 0 Å². The molecule has 0 bridgehead atoms. The second-order valence-electron chi connectivity index (χ2n) is 1.75. The van der Waals surface area contributed by atoms with Gasteiger partial charge in [-0.1, -0.05) is 0 Å². The van der Waals surface area contributed by atoms with Crippen LogP contribution in [0.5, 0.6) is 0 Å². The van der Waals surface area contributed by atoms with Gasteiger partial charge in [-0.25, -0.2) is 8.42 Å². The molecular weight excluding hydrogens is 140 g/mol. The molecule has 52 valence electrons. The van der Waals surface area contributed by atoms with Gasteiger partial charge in [0.15, 0.2) is 0 Å². The average molecular weight is 147 g/mol. The largest absolute Gasteiger partial charge is 0.744 e. The fraction of sp³-hybridized carbons (Fsp3) is 0.400. The smallest absolute Gasteiger partial charge is 0.124 e. The van der Waals surface area contributed by atoms with Gasteiger partial charge in [0.25, 0.3) is 0 Å². The van der Waals surface area contributed by atoms with Gasteiger partial charge in [-0.2, -0.15) is 0 Å². The molecule has 0 fully saturated rings. The first kappa shape index (κ1) is 8.43. The van der Waals surface area contributed by atoms with Crippen LogP contribution in [0.3, 0.4) is 0 Å². The highest BCUT2D eigenvalue weighted by atomic mass is 32.2. The minimum atomic E-state index is -4.23. The Balaban J connectivity index is 4.58. The lowest BCUT2D eigenvalue weighted by atomic mass is 10.4. The van der Waals surface area contributed by atoms with Crippen LogP contribution in [-0.2, 0) is 10.1 Å². The topological polar surface area (TPSA) is 57.2 Å². The van der Waals surface area contributed by atoms with Crippen LogP contribution in [0.2, 0.25) is 0 Å². The van der Waals surface area contributed by atoms with Crippen molar-refractivity contribution in [2.24, 2.45) is 0 Å². The Labute approximate surface area is 54.4 Å². The molecular formula is C5H7O3S-. The van der Waals surface area contributed by atoms with Gasteiger partial charge in [0, 0.05) is 0 Å². The lowest BCUT2D eigenvalue weighted by molar-refractivity contribution is 0.474. The molecule has 0 aromatic rings. The van der Waals surface area contributed by atoms with Crippen molar-refractivity contribution in [1.29, 1.82) is 0 Å². The summed E-state index contributed by atoms with van der Waals surface area (Å²) < 4.78 is 29.5. The Morgan fingerprint density at radius 1 is 1.56 bits per heavy atom. The van der Waals surface area contributed by atoms with Gasteiger partial charge in [0.1, 0.15) is 10.1 Å². The molecule has 0 spiro atoms. The SMILES string of the molecule is CC(C)=C=CS(=O)(=O)[O-]. The number of hydrogen-bond donors (Lipinski definition) is 0. The third-order valence-electron chi connectivity index (χ3n) is 0.492. The maximum Gasteiger partial charge on any atom is 0.124 e. The molecule has 0 aliphatic rings. The summed E-state index contributed by atoms with van der Waals surface area (Å²) in [6.07, 6.45) is 0. The third-order valence-corrected chi connectivity index (χ3v) is 0.898. The summed E-state index contributed by atoms with van der Waals surface area (Å²) in [7, 11) is -4.23. The monoisotopic (exact) mass is 147 g/mol. The molecule has 0 aliphatic carbocycles. The minimum absolute atomic E-state index is 0.516. The highest BCUT2D eigenvalue weighted by molar-refractivity contribution is 7.88. The molecule has 3 nitrogen and oxygen atoms in total. The van der Waals surface area contributed by atoms with E-state index in [4.69, 9.17) is 0 Å². The molecule has 0 N–H and O–H groups in total. The summed E-state index contributed by atoms with van der Waals surface area (Å²) in [5.41, 5.74) is 2.94. The van der Waals surface area contributed by atoms with Gasteiger partial charge in [-0.3, -0.25) is 0 Å². The molecule has 0 amide bonds. The van der Waals surface area contributed by atoms with Gasteiger partial charge in [-0.05, 0) is 19.4 Å². The fourth-order valence-electron chi connectivity index (χ4n) is 0.190. The highest BCUT2D eigenvalue weighted by Gasteiger charge is 1.79. The van der Waals surface area contributed by atoms with Crippen molar-refractivity contribution in [3.8, 4) is 0 Å². The zero-order chi connectivity index (χ0) is 7.49. The van der Waals surface area contributed by atoms with Crippen LogP contribution in [0.25, 0.3) is 0 Å². The van der Waals surface area contributed by atoms with Gasteiger partial charge >= 0.3 is 0 Å². The Bertz CT molecular complexity index is 237. The summed E-state index contributed by atoms with van der Waals surface area (Å²) in [5, 5.41) is 0.516. The van der Waals surface area contributed by atoms with Crippen molar-refractivity contribution in [2.45, 2.75) is 13.8 Å². The van der Waals surface area contributed by atoms with Crippen molar-refractivity contribution in [2.75, 3.05) is 0 Å². The molecule has 0 saturated carbocycles. The molecule has 0 aromatic heterocycles.